The molecule has 2 aromatic rings. The largest absolute Gasteiger partial charge is 0.384 e. The van der Waals surface area contributed by atoms with Crippen molar-refractivity contribution in [1.82, 2.24) is 9.97 Å². The number of fused-ring (bicyclic) bond motifs is 1. The van der Waals surface area contributed by atoms with Gasteiger partial charge in [-0.05, 0) is 30.4 Å². The molecule has 1 aliphatic rings. The van der Waals surface area contributed by atoms with E-state index in [1.165, 1.54) is 30.3 Å². The fourth-order valence-electron chi connectivity index (χ4n) is 2.53. The predicted octanol–water partition coefficient (Wildman–Crippen LogP) is 2.55. The Bertz CT molecular complexity index is 553. The first-order valence-electron chi connectivity index (χ1n) is 6.25. The second-order valence-electron chi connectivity index (χ2n) is 4.62. The SMILES string of the molecule is Nc1cc(NC2CCCc3ccccc32)ncn1. The highest BCUT2D eigenvalue weighted by molar-refractivity contribution is 5.46. The van der Waals surface area contributed by atoms with Crippen LogP contribution in [0.25, 0.3) is 0 Å². The second kappa shape index (κ2) is 4.64. The quantitative estimate of drug-likeness (QED) is 0.846. The number of hydrogen-bond donors (Lipinski definition) is 2. The van der Waals surface area contributed by atoms with Crippen LogP contribution in [0.3, 0.4) is 0 Å². The van der Waals surface area contributed by atoms with Crippen LogP contribution in [0, 0.1) is 0 Å². The summed E-state index contributed by atoms with van der Waals surface area (Å²) in [5.74, 6) is 1.29. The summed E-state index contributed by atoms with van der Waals surface area (Å²) in [4.78, 5) is 8.11. The van der Waals surface area contributed by atoms with Crippen LogP contribution in [0.2, 0.25) is 0 Å². The van der Waals surface area contributed by atoms with E-state index >= 15 is 0 Å². The molecule has 4 heteroatoms. The van der Waals surface area contributed by atoms with Crippen molar-refractivity contribution in [1.29, 1.82) is 0 Å². The number of nitrogens with two attached hydrogens (primary N) is 1. The molecule has 1 aliphatic carbocycles. The monoisotopic (exact) mass is 240 g/mol. The topological polar surface area (TPSA) is 63.8 Å². The molecule has 4 nitrogen and oxygen atoms in total. The molecule has 0 amide bonds. The molecule has 1 aromatic carbocycles. The van der Waals surface area contributed by atoms with Gasteiger partial charge in [-0.15, -0.1) is 0 Å². The summed E-state index contributed by atoms with van der Waals surface area (Å²) >= 11 is 0. The first-order chi connectivity index (χ1) is 8.83. The van der Waals surface area contributed by atoms with Gasteiger partial charge in [0.1, 0.15) is 18.0 Å². The van der Waals surface area contributed by atoms with Crippen LogP contribution in [-0.4, -0.2) is 9.97 Å². The van der Waals surface area contributed by atoms with Crippen LogP contribution in [0.5, 0.6) is 0 Å². The van der Waals surface area contributed by atoms with E-state index in [2.05, 4.69) is 39.6 Å². The lowest BCUT2D eigenvalue weighted by molar-refractivity contribution is 0.598. The minimum atomic E-state index is 0.323. The molecule has 0 spiro atoms. The van der Waals surface area contributed by atoms with E-state index in [-0.39, 0.29) is 0 Å². The molecule has 0 radical (unpaired) electrons. The summed E-state index contributed by atoms with van der Waals surface area (Å²) in [6.45, 7) is 0. The van der Waals surface area contributed by atoms with Crippen molar-refractivity contribution >= 4 is 11.6 Å². The number of benzene rings is 1. The van der Waals surface area contributed by atoms with Gasteiger partial charge in [-0.3, -0.25) is 0 Å². The molecule has 0 bridgehead atoms. The molecule has 0 aliphatic heterocycles. The van der Waals surface area contributed by atoms with Crippen molar-refractivity contribution in [2.24, 2.45) is 0 Å². The van der Waals surface area contributed by atoms with Gasteiger partial charge < -0.3 is 11.1 Å². The van der Waals surface area contributed by atoms with E-state index in [0.717, 1.165) is 12.2 Å². The maximum absolute atomic E-state index is 5.67. The van der Waals surface area contributed by atoms with E-state index in [1.54, 1.807) is 6.07 Å². The molecule has 1 aromatic heterocycles. The van der Waals surface area contributed by atoms with Crippen LogP contribution in [0.15, 0.2) is 36.7 Å². The molecule has 92 valence electrons. The van der Waals surface area contributed by atoms with Crippen LogP contribution in [0.1, 0.15) is 30.0 Å². The maximum atomic E-state index is 5.67. The van der Waals surface area contributed by atoms with E-state index < -0.39 is 0 Å². The first-order valence-corrected chi connectivity index (χ1v) is 6.25. The zero-order valence-electron chi connectivity index (χ0n) is 10.1. The van der Waals surface area contributed by atoms with Gasteiger partial charge in [-0.2, -0.15) is 0 Å². The van der Waals surface area contributed by atoms with E-state index in [9.17, 15) is 0 Å². The molecule has 0 saturated carbocycles. The first kappa shape index (κ1) is 11.0. The number of nitrogens with zero attached hydrogens (tertiary/aromatic N) is 2. The fraction of sp³-hybridized carbons (Fsp3) is 0.286. The number of anilines is 2. The number of hydrogen-bond acceptors (Lipinski definition) is 4. The standard InChI is InChI=1S/C14H16N4/c15-13-8-14(17-9-16-13)18-12-7-3-5-10-4-1-2-6-11(10)12/h1-2,4,6,8-9,12H,3,5,7H2,(H3,15,16,17,18). The Balaban J connectivity index is 1.86. The van der Waals surface area contributed by atoms with Gasteiger partial charge in [0, 0.05) is 6.07 Å². The molecule has 1 atom stereocenters. The number of aromatic nitrogens is 2. The van der Waals surface area contributed by atoms with Gasteiger partial charge in [0.15, 0.2) is 0 Å². The third-order valence-corrected chi connectivity index (χ3v) is 3.38. The fourth-order valence-corrected chi connectivity index (χ4v) is 2.53. The Morgan fingerprint density at radius 1 is 1.22 bits per heavy atom. The summed E-state index contributed by atoms with van der Waals surface area (Å²) in [6.07, 6.45) is 4.99. The molecule has 3 rings (SSSR count). The maximum Gasteiger partial charge on any atom is 0.131 e. The van der Waals surface area contributed by atoms with Crippen LogP contribution < -0.4 is 11.1 Å². The van der Waals surface area contributed by atoms with Crippen molar-refractivity contribution in [2.75, 3.05) is 11.1 Å². The normalized spacial score (nSPS) is 18.1. The molecule has 0 saturated heterocycles. The van der Waals surface area contributed by atoms with Crippen molar-refractivity contribution < 1.29 is 0 Å². The van der Waals surface area contributed by atoms with E-state index in [1.807, 2.05) is 0 Å². The van der Waals surface area contributed by atoms with Gasteiger partial charge >= 0.3 is 0 Å². The Morgan fingerprint density at radius 2 is 2.11 bits per heavy atom. The van der Waals surface area contributed by atoms with Crippen molar-refractivity contribution in [3.63, 3.8) is 0 Å². The van der Waals surface area contributed by atoms with Crippen LogP contribution in [0.4, 0.5) is 11.6 Å². The summed E-state index contributed by atoms with van der Waals surface area (Å²) in [5.41, 5.74) is 8.48. The average molecular weight is 240 g/mol. The third kappa shape index (κ3) is 2.14. The Labute approximate surface area is 106 Å². The van der Waals surface area contributed by atoms with Crippen molar-refractivity contribution in [2.45, 2.75) is 25.3 Å². The van der Waals surface area contributed by atoms with E-state index in [4.69, 9.17) is 5.73 Å². The lowest BCUT2D eigenvalue weighted by Gasteiger charge is -2.26. The number of nitrogen functional groups attached to an aromatic ring is 1. The smallest absolute Gasteiger partial charge is 0.131 e. The minimum Gasteiger partial charge on any atom is -0.384 e. The highest BCUT2D eigenvalue weighted by Gasteiger charge is 2.19. The Kier molecular flexibility index (Phi) is 2.84. The van der Waals surface area contributed by atoms with Gasteiger partial charge in [-0.1, -0.05) is 24.3 Å². The highest BCUT2D eigenvalue weighted by atomic mass is 15.0. The molecule has 1 heterocycles. The molecular weight excluding hydrogens is 224 g/mol. The molecule has 0 fully saturated rings. The zero-order valence-corrected chi connectivity index (χ0v) is 10.1. The summed E-state index contributed by atoms with van der Waals surface area (Å²) in [7, 11) is 0. The average Bonchev–Trinajstić information content (AvgIpc) is 2.39. The van der Waals surface area contributed by atoms with Gasteiger partial charge in [0.25, 0.3) is 0 Å². The summed E-state index contributed by atoms with van der Waals surface area (Å²) in [6, 6.07) is 10.7. The number of rotatable bonds is 2. The van der Waals surface area contributed by atoms with E-state index in [0.29, 0.717) is 11.9 Å². The lowest BCUT2D eigenvalue weighted by Crippen LogP contribution is -2.18. The third-order valence-electron chi connectivity index (χ3n) is 3.38. The second-order valence-corrected chi connectivity index (χ2v) is 4.62. The van der Waals surface area contributed by atoms with Gasteiger partial charge in [-0.25, -0.2) is 9.97 Å². The minimum absolute atomic E-state index is 0.323. The number of nitrogens with one attached hydrogen (secondary N) is 1. The lowest BCUT2D eigenvalue weighted by atomic mass is 9.88. The summed E-state index contributed by atoms with van der Waals surface area (Å²) < 4.78 is 0. The van der Waals surface area contributed by atoms with Crippen LogP contribution in [-0.2, 0) is 6.42 Å². The highest BCUT2D eigenvalue weighted by Crippen LogP contribution is 2.31. The van der Waals surface area contributed by atoms with Gasteiger partial charge in [0.2, 0.25) is 0 Å². The van der Waals surface area contributed by atoms with Crippen molar-refractivity contribution in [3.05, 3.63) is 47.8 Å². The van der Waals surface area contributed by atoms with Crippen molar-refractivity contribution in [3.8, 4) is 0 Å². The van der Waals surface area contributed by atoms with Crippen LogP contribution >= 0.6 is 0 Å². The molecule has 1 unspecified atom stereocenters. The molecular formula is C14H16N4. The zero-order chi connectivity index (χ0) is 12.4. The Hall–Kier alpha value is -2.10. The number of aryl methyl sites for hydroxylation is 1. The summed E-state index contributed by atoms with van der Waals surface area (Å²) in [5, 5.41) is 3.45. The molecule has 3 N–H and O–H groups in total. The molecule has 18 heavy (non-hydrogen) atoms. The Morgan fingerprint density at radius 3 is 3.00 bits per heavy atom. The van der Waals surface area contributed by atoms with Gasteiger partial charge in [0.05, 0.1) is 6.04 Å². The predicted molar refractivity (Wildman–Crippen MR) is 72.2 cm³/mol.